The molecular weight excluding hydrogens is 308 g/mol. The Labute approximate surface area is 140 Å². The van der Waals surface area contributed by atoms with Gasteiger partial charge in [-0.1, -0.05) is 30.3 Å². The van der Waals surface area contributed by atoms with Crippen LogP contribution in [0.15, 0.2) is 35.7 Å². The predicted molar refractivity (Wildman–Crippen MR) is 93.1 cm³/mol. The van der Waals surface area contributed by atoms with Crippen molar-refractivity contribution in [1.29, 1.82) is 0 Å². The summed E-state index contributed by atoms with van der Waals surface area (Å²) in [7, 11) is 0. The molecule has 2 heterocycles. The first kappa shape index (κ1) is 16.0. The summed E-state index contributed by atoms with van der Waals surface area (Å²) >= 11 is 1.42. The number of benzene rings is 1. The number of hydrogen-bond acceptors (Lipinski definition) is 5. The Morgan fingerprint density at radius 1 is 1.39 bits per heavy atom. The van der Waals surface area contributed by atoms with E-state index in [9.17, 15) is 4.79 Å². The van der Waals surface area contributed by atoms with E-state index in [1.54, 1.807) is 0 Å². The van der Waals surface area contributed by atoms with Gasteiger partial charge in [0.1, 0.15) is 0 Å². The molecule has 2 aromatic rings. The summed E-state index contributed by atoms with van der Waals surface area (Å²) in [5.74, 6) is 0.100. The number of anilines is 1. The normalized spacial score (nSPS) is 18.2. The average molecular weight is 330 g/mol. The lowest BCUT2D eigenvalue weighted by Crippen LogP contribution is -2.37. The van der Waals surface area contributed by atoms with Crippen LogP contribution in [0, 0.1) is 0 Å². The van der Waals surface area contributed by atoms with Gasteiger partial charge in [-0.15, -0.1) is 11.3 Å². The molecule has 1 aromatic heterocycles. The van der Waals surface area contributed by atoms with E-state index in [1.165, 1.54) is 16.9 Å². The highest BCUT2D eigenvalue weighted by Gasteiger charge is 2.23. The summed E-state index contributed by atoms with van der Waals surface area (Å²) in [6.45, 7) is 2.90. The molecular formula is C17H22N4OS. The van der Waals surface area contributed by atoms with Gasteiger partial charge in [0.05, 0.1) is 5.69 Å². The van der Waals surface area contributed by atoms with Gasteiger partial charge >= 0.3 is 0 Å². The Bertz CT molecular complexity index is 643. The van der Waals surface area contributed by atoms with Gasteiger partial charge in [0.2, 0.25) is 5.91 Å². The van der Waals surface area contributed by atoms with Gasteiger partial charge in [0, 0.05) is 37.5 Å². The summed E-state index contributed by atoms with van der Waals surface area (Å²) in [5, 5.41) is 5.61. The third-order valence-corrected chi connectivity index (χ3v) is 4.79. The summed E-state index contributed by atoms with van der Waals surface area (Å²) in [4.78, 5) is 18.6. The van der Waals surface area contributed by atoms with E-state index >= 15 is 0 Å². The Morgan fingerprint density at radius 3 is 2.96 bits per heavy atom. The third kappa shape index (κ3) is 4.77. The first-order valence-electron chi connectivity index (χ1n) is 7.94. The second kappa shape index (κ2) is 7.57. The van der Waals surface area contributed by atoms with Crippen LogP contribution in [-0.2, 0) is 17.8 Å². The minimum absolute atomic E-state index is 0.100. The predicted octanol–water partition coefficient (Wildman–Crippen LogP) is 2.05. The fourth-order valence-corrected chi connectivity index (χ4v) is 3.51. The van der Waals surface area contributed by atoms with Crippen molar-refractivity contribution in [2.75, 3.05) is 18.8 Å². The fraction of sp³-hybridized carbons (Fsp3) is 0.412. The number of rotatable bonds is 6. The quantitative estimate of drug-likeness (QED) is 0.850. The number of carbonyl (C=O) groups is 1. The Hall–Kier alpha value is -1.92. The van der Waals surface area contributed by atoms with Crippen molar-refractivity contribution in [2.24, 2.45) is 0 Å². The minimum Gasteiger partial charge on any atom is -0.375 e. The van der Waals surface area contributed by atoms with Crippen LogP contribution in [0.5, 0.6) is 0 Å². The standard InChI is InChI=1S/C17H22N4OS/c18-17-20-15(12-23-17)6-7-16(22)19-14-8-9-21(11-14)10-13-4-2-1-3-5-13/h1-5,12,14H,6-11H2,(H2,18,20)(H,19,22)/t14-/m0/s1. The number of aromatic nitrogens is 1. The molecule has 23 heavy (non-hydrogen) atoms. The zero-order valence-electron chi connectivity index (χ0n) is 13.1. The van der Waals surface area contributed by atoms with Crippen molar-refractivity contribution < 1.29 is 4.79 Å². The first-order valence-corrected chi connectivity index (χ1v) is 8.82. The van der Waals surface area contributed by atoms with Crippen LogP contribution in [0.3, 0.4) is 0 Å². The second-order valence-electron chi connectivity index (χ2n) is 5.95. The van der Waals surface area contributed by atoms with Crippen LogP contribution >= 0.6 is 11.3 Å². The zero-order chi connectivity index (χ0) is 16.1. The number of thiazole rings is 1. The van der Waals surface area contributed by atoms with Crippen molar-refractivity contribution in [3.8, 4) is 0 Å². The molecule has 1 aliphatic heterocycles. The van der Waals surface area contributed by atoms with E-state index in [0.29, 0.717) is 18.0 Å². The lowest BCUT2D eigenvalue weighted by molar-refractivity contribution is -0.121. The summed E-state index contributed by atoms with van der Waals surface area (Å²) in [6, 6.07) is 10.7. The second-order valence-corrected chi connectivity index (χ2v) is 6.84. The molecule has 0 aliphatic carbocycles. The molecule has 0 saturated carbocycles. The fourth-order valence-electron chi connectivity index (χ4n) is 2.91. The van der Waals surface area contributed by atoms with Crippen LogP contribution in [0.2, 0.25) is 0 Å². The molecule has 0 bridgehead atoms. The monoisotopic (exact) mass is 330 g/mol. The number of nitrogens with two attached hydrogens (primary N) is 1. The molecule has 1 aliphatic rings. The van der Waals surface area contributed by atoms with Gasteiger partial charge in [-0.2, -0.15) is 0 Å². The van der Waals surface area contributed by atoms with E-state index in [0.717, 1.165) is 31.7 Å². The summed E-state index contributed by atoms with van der Waals surface area (Å²) in [6.07, 6.45) is 2.14. The minimum atomic E-state index is 0.100. The van der Waals surface area contributed by atoms with Gasteiger partial charge in [-0.05, 0) is 18.4 Å². The molecule has 0 radical (unpaired) electrons. The number of nitrogens with one attached hydrogen (secondary N) is 1. The van der Waals surface area contributed by atoms with Gasteiger partial charge in [-0.25, -0.2) is 4.98 Å². The molecule has 1 aromatic carbocycles. The van der Waals surface area contributed by atoms with Crippen LogP contribution in [0.1, 0.15) is 24.1 Å². The van der Waals surface area contributed by atoms with Crippen molar-refractivity contribution >= 4 is 22.4 Å². The third-order valence-electron chi connectivity index (χ3n) is 4.06. The van der Waals surface area contributed by atoms with Crippen LogP contribution in [0.25, 0.3) is 0 Å². The maximum absolute atomic E-state index is 12.1. The number of nitrogen functional groups attached to an aromatic ring is 1. The average Bonchev–Trinajstić information content (AvgIpc) is 3.15. The zero-order valence-corrected chi connectivity index (χ0v) is 13.9. The molecule has 1 atom stereocenters. The van der Waals surface area contributed by atoms with Gasteiger partial charge in [0.25, 0.3) is 0 Å². The summed E-state index contributed by atoms with van der Waals surface area (Å²) < 4.78 is 0. The molecule has 1 saturated heterocycles. The maximum atomic E-state index is 12.1. The van der Waals surface area contributed by atoms with E-state index in [1.807, 2.05) is 11.4 Å². The molecule has 5 nitrogen and oxygen atoms in total. The first-order chi connectivity index (χ1) is 11.2. The Kier molecular flexibility index (Phi) is 5.25. The van der Waals surface area contributed by atoms with Crippen molar-refractivity contribution in [1.82, 2.24) is 15.2 Å². The number of hydrogen-bond donors (Lipinski definition) is 2. The number of nitrogens with zero attached hydrogens (tertiary/aromatic N) is 2. The van der Waals surface area contributed by atoms with Gasteiger partial charge in [-0.3, -0.25) is 9.69 Å². The largest absolute Gasteiger partial charge is 0.375 e. The number of aryl methyl sites for hydroxylation is 1. The molecule has 0 unspecified atom stereocenters. The molecule has 6 heteroatoms. The highest BCUT2D eigenvalue weighted by atomic mass is 32.1. The maximum Gasteiger partial charge on any atom is 0.220 e. The SMILES string of the molecule is Nc1nc(CCC(=O)N[C@H]2CCN(Cc3ccccc3)C2)cs1. The topological polar surface area (TPSA) is 71.2 Å². The Balaban J connectivity index is 1.40. The van der Waals surface area contributed by atoms with Crippen LogP contribution in [-0.4, -0.2) is 34.9 Å². The molecule has 1 amide bonds. The summed E-state index contributed by atoms with van der Waals surface area (Å²) in [5.41, 5.74) is 7.82. The number of carbonyl (C=O) groups excluding carboxylic acids is 1. The van der Waals surface area contributed by atoms with Crippen molar-refractivity contribution in [3.05, 3.63) is 47.0 Å². The van der Waals surface area contributed by atoms with E-state index in [2.05, 4.69) is 39.5 Å². The van der Waals surface area contributed by atoms with E-state index < -0.39 is 0 Å². The molecule has 0 spiro atoms. The molecule has 1 fully saturated rings. The van der Waals surface area contributed by atoms with Gasteiger partial charge < -0.3 is 11.1 Å². The van der Waals surface area contributed by atoms with Crippen molar-refractivity contribution in [2.45, 2.75) is 31.8 Å². The molecule has 122 valence electrons. The molecule has 3 rings (SSSR count). The van der Waals surface area contributed by atoms with E-state index in [4.69, 9.17) is 5.73 Å². The lowest BCUT2D eigenvalue weighted by atomic mass is 10.2. The lowest BCUT2D eigenvalue weighted by Gasteiger charge is -2.16. The highest BCUT2D eigenvalue weighted by Crippen LogP contribution is 2.15. The smallest absolute Gasteiger partial charge is 0.220 e. The highest BCUT2D eigenvalue weighted by molar-refractivity contribution is 7.13. The number of likely N-dealkylation sites (tertiary alicyclic amines) is 1. The Morgan fingerprint density at radius 2 is 2.22 bits per heavy atom. The van der Waals surface area contributed by atoms with Crippen LogP contribution in [0.4, 0.5) is 5.13 Å². The van der Waals surface area contributed by atoms with Crippen LogP contribution < -0.4 is 11.1 Å². The van der Waals surface area contributed by atoms with Gasteiger partial charge in [0.15, 0.2) is 5.13 Å². The van der Waals surface area contributed by atoms with E-state index in [-0.39, 0.29) is 11.9 Å². The van der Waals surface area contributed by atoms with Crippen molar-refractivity contribution in [3.63, 3.8) is 0 Å². The number of amides is 1. The molecule has 3 N–H and O–H groups in total.